The molecule has 8 rings (SSSR count). The largest absolute Gasteiger partial charge is 0.505 e. The maximum atomic E-state index is 12.9. The van der Waals surface area contributed by atoms with E-state index in [0.717, 1.165) is 109 Å². The van der Waals surface area contributed by atoms with Crippen LogP contribution in [0.25, 0.3) is 22.0 Å². The van der Waals surface area contributed by atoms with Crippen molar-refractivity contribution >= 4 is 57.6 Å². The predicted octanol–water partition coefficient (Wildman–Crippen LogP) is 8.30. The quantitative estimate of drug-likeness (QED) is 0.161. The highest BCUT2D eigenvalue weighted by Crippen LogP contribution is 2.56. The van der Waals surface area contributed by atoms with E-state index >= 15 is 0 Å². The van der Waals surface area contributed by atoms with Gasteiger partial charge in [0, 0.05) is 30.4 Å². The zero-order chi connectivity index (χ0) is 30.1. The zero-order valence-corrected chi connectivity index (χ0v) is 26.2. The first-order valence-electron chi connectivity index (χ1n) is 15.8. The van der Waals surface area contributed by atoms with E-state index in [2.05, 4.69) is 33.7 Å². The Labute approximate surface area is 267 Å². The Bertz CT molecular complexity index is 1780. The van der Waals surface area contributed by atoms with Crippen LogP contribution in [0, 0.1) is 0 Å². The number of hydrogen-bond donors (Lipinski definition) is 3. The maximum Gasteiger partial charge on any atom is 0.154 e. The van der Waals surface area contributed by atoms with Gasteiger partial charge in [0.15, 0.2) is 12.0 Å². The van der Waals surface area contributed by atoms with Gasteiger partial charge in [-0.15, -0.1) is 0 Å². The van der Waals surface area contributed by atoms with Gasteiger partial charge in [-0.05, 0) is 116 Å². The fourth-order valence-corrected chi connectivity index (χ4v) is 7.44. The molecular formula is C35H35Cl2N5O2. The molecule has 4 aliphatic rings. The third-order valence-corrected chi connectivity index (χ3v) is 10.3. The smallest absolute Gasteiger partial charge is 0.154 e. The summed E-state index contributed by atoms with van der Waals surface area (Å²) in [6.07, 6.45) is 10.4. The van der Waals surface area contributed by atoms with Crippen molar-refractivity contribution in [2.75, 3.05) is 30.4 Å². The van der Waals surface area contributed by atoms with Crippen molar-refractivity contribution in [2.45, 2.75) is 68.7 Å². The van der Waals surface area contributed by atoms with Gasteiger partial charge < -0.3 is 20.6 Å². The van der Waals surface area contributed by atoms with Crippen LogP contribution < -0.4 is 15.5 Å². The number of benzene rings is 2. The number of carbonyl (C=O) groups is 1. The van der Waals surface area contributed by atoms with Crippen LogP contribution in [0.3, 0.4) is 0 Å². The van der Waals surface area contributed by atoms with Gasteiger partial charge in [0.25, 0.3) is 0 Å². The van der Waals surface area contributed by atoms with Crippen molar-refractivity contribution in [1.82, 2.24) is 15.3 Å². The van der Waals surface area contributed by atoms with Gasteiger partial charge in [0.05, 0.1) is 44.4 Å². The van der Waals surface area contributed by atoms with E-state index in [1.807, 2.05) is 25.4 Å². The Balaban J connectivity index is 1.32. The highest BCUT2D eigenvalue weighted by Gasteiger charge is 2.38. The number of aromatic hydroxyl groups is 1. The Morgan fingerprint density at radius 2 is 1.70 bits per heavy atom. The zero-order valence-electron chi connectivity index (χ0n) is 24.7. The van der Waals surface area contributed by atoms with Gasteiger partial charge in [0.2, 0.25) is 0 Å². The molecule has 0 spiro atoms. The number of halogens is 2. The number of likely N-dealkylation sites (N-methyl/N-ethyl adjacent to an activating group) is 1. The van der Waals surface area contributed by atoms with Gasteiger partial charge in [-0.2, -0.15) is 0 Å². The summed E-state index contributed by atoms with van der Waals surface area (Å²) in [5.41, 5.74) is 8.56. The molecule has 9 heteroatoms. The number of nitrogens with one attached hydrogen (secondary N) is 2. The molecule has 1 aliphatic heterocycles. The number of pyridine rings is 2. The fraction of sp³-hybridized carbons (Fsp3) is 0.400. The molecule has 7 nitrogen and oxygen atoms in total. The molecule has 44 heavy (non-hydrogen) atoms. The molecule has 3 saturated carbocycles. The average Bonchev–Trinajstić information content (AvgIpc) is 3.89. The first-order chi connectivity index (χ1) is 21.4. The molecule has 226 valence electrons. The van der Waals surface area contributed by atoms with E-state index in [0.29, 0.717) is 29.4 Å². The molecule has 0 radical (unpaired) electrons. The molecule has 3 aliphatic carbocycles. The third kappa shape index (κ3) is 4.99. The number of anilines is 3. The predicted molar refractivity (Wildman–Crippen MR) is 177 cm³/mol. The van der Waals surface area contributed by atoms with Gasteiger partial charge >= 0.3 is 0 Å². The number of phenolic OH excluding ortho intramolecular Hbond substituents is 1. The van der Waals surface area contributed by atoms with Gasteiger partial charge in [-0.1, -0.05) is 23.2 Å². The second-order valence-electron chi connectivity index (χ2n) is 12.9. The van der Waals surface area contributed by atoms with Gasteiger partial charge in [0.1, 0.15) is 5.82 Å². The lowest BCUT2D eigenvalue weighted by Gasteiger charge is -2.23. The molecule has 0 bridgehead atoms. The normalized spacial score (nSPS) is 20.0. The van der Waals surface area contributed by atoms with Gasteiger partial charge in [-0.3, -0.25) is 9.78 Å². The Morgan fingerprint density at radius 3 is 2.30 bits per heavy atom. The first kappa shape index (κ1) is 28.1. The minimum absolute atomic E-state index is 0.105. The van der Waals surface area contributed by atoms with E-state index in [1.165, 1.54) is 11.1 Å². The second-order valence-corrected chi connectivity index (χ2v) is 13.7. The topological polar surface area (TPSA) is 90.4 Å². The molecule has 3 N–H and O–H groups in total. The minimum Gasteiger partial charge on any atom is -0.505 e. The van der Waals surface area contributed by atoms with E-state index in [1.54, 1.807) is 0 Å². The lowest BCUT2D eigenvalue weighted by Crippen LogP contribution is -2.29. The molecule has 2 aromatic carbocycles. The number of fused-ring (bicyclic) bond motifs is 1. The minimum atomic E-state index is -0.105. The van der Waals surface area contributed by atoms with Crippen LogP contribution in [0.4, 0.5) is 17.2 Å². The summed E-state index contributed by atoms with van der Waals surface area (Å²) in [7, 11) is 2.01. The monoisotopic (exact) mass is 627 g/mol. The van der Waals surface area contributed by atoms with E-state index in [-0.39, 0.29) is 15.8 Å². The first-order valence-corrected chi connectivity index (χ1v) is 16.5. The summed E-state index contributed by atoms with van der Waals surface area (Å²) in [5, 5.41) is 18.9. The van der Waals surface area contributed by atoms with Crippen LogP contribution in [0.15, 0.2) is 36.5 Å². The molecule has 3 heterocycles. The Morgan fingerprint density at radius 1 is 0.977 bits per heavy atom. The fourth-order valence-electron chi connectivity index (χ4n) is 6.95. The average molecular weight is 629 g/mol. The summed E-state index contributed by atoms with van der Waals surface area (Å²) >= 11 is 13.0. The molecule has 4 fully saturated rings. The molecule has 0 amide bonds. The summed E-state index contributed by atoms with van der Waals surface area (Å²) in [5.74, 6) is 1.93. The van der Waals surface area contributed by atoms with Crippen molar-refractivity contribution in [3.63, 3.8) is 0 Å². The Hall–Kier alpha value is -3.39. The standard InChI is InChI=1S/C35H35Cl2N5O2/c1-38-23-10-11-42(16-23)29-9-8-22(15-39-29)40-34-25(17-43)33(20-6-7-20)41-28-14-24(18-2-3-18)30(31(32(28)34)19-4-5-19)21-12-26(36)35(44)27(37)13-21/h8-9,12-15,17-20,23,38,44H,2-7,10-11,16H2,1H3,(H,40,41). The van der Waals surface area contributed by atoms with Crippen molar-refractivity contribution in [3.8, 4) is 16.9 Å². The summed E-state index contributed by atoms with van der Waals surface area (Å²) in [6.45, 7) is 1.91. The van der Waals surface area contributed by atoms with Crippen molar-refractivity contribution in [3.05, 3.63) is 69.0 Å². The van der Waals surface area contributed by atoms with Crippen LogP contribution in [-0.4, -0.2) is 47.5 Å². The lowest BCUT2D eigenvalue weighted by molar-refractivity contribution is 0.112. The van der Waals surface area contributed by atoms with E-state index < -0.39 is 0 Å². The molecule has 1 unspecified atom stereocenters. The van der Waals surface area contributed by atoms with Crippen molar-refractivity contribution in [1.29, 1.82) is 0 Å². The molecule has 1 atom stereocenters. The molecule has 4 aromatic rings. The third-order valence-electron chi connectivity index (χ3n) is 9.74. The van der Waals surface area contributed by atoms with Crippen LogP contribution in [-0.2, 0) is 0 Å². The number of aromatic nitrogens is 2. The summed E-state index contributed by atoms with van der Waals surface area (Å²) in [4.78, 5) is 25.2. The van der Waals surface area contributed by atoms with Gasteiger partial charge in [-0.25, -0.2) is 4.98 Å². The van der Waals surface area contributed by atoms with Crippen LogP contribution >= 0.6 is 23.2 Å². The van der Waals surface area contributed by atoms with Crippen LogP contribution in [0.5, 0.6) is 5.75 Å². The van der Waals surface area contributed by atoms with Crippen molar-refractivity contribution < 1.29 is 9.90 Å². The SMILES string of the molecule is CNC1CCN(c2ccc(Nc3c(C=O)c(C4CC4)nc4cc(C5CC5)c(-c5cc(Cl)c(O)c(Cl)c5)c(C5CC5)c34)cn2)C1. The number of nitrogens with zero attached hydrogens (tertiary/aromatic N) is 3. The number of hydrogen-bond acceptors (Lipinski definition) is 7. The van der Waals surface area contributed by atoms with Crippen molar-refractivity contribution in [2.24, 2.45) is 0 Å². The van der Waals surface area contributed by atoms with Crippen LogP contribution in [0.1, 0.15) is 89.9 Å². The summed E-state index contributed by atoms with van der Waals surface area (Å²) < 4.78 is 0. The van der Waals surface area contributed by atoms with E-state index in [9.17, 15) is 9.90 Å². The number of phenols is 1. The Kier molecular flexibility index (Phi) is 6.96. The van der Waals surface area contributed by atoms with E-state index in [4.69, 9.17) is 33.2 Å². The summed E-state index contributed by atoms with van der Waals surface area (Å²) in [6, 6.07) is 10.5. The molecule has 2 aromatic heterocycles. The van der Waals surface area contributed by atoms with Crippen LogP contribution in [0.2, 0.25) is 10.0 Å². The number of aldehydes is 1. The number of rotatable bonds is 9. The number of carbonyl (C=O) groups excluding carboxylic acids is 1. The lowest BCUT2D eigenvalue weighted by atomic mass is 9.85. The highest BCUT2D eigenvalue weighted by atomic mass is 35.5. The second kappa shape index (κ2) is 10.9. The molecule has 1 saturated heterocycles. The molecular weight excluding hydrogens is 593 g/mol. The maximum absolute atomic E-state index is 12.9. The highest BCUT2D eigenvalue weighted by molar-refractivity contribution is 6.37.